The normalized spacial score (nSPS) is 14.3. The molecule has 0 spiro atoms. The maximum atomic E-state index is 13.3. The Morgan fingerprint density at radius 2 is 1.77 bits per heavy atom. The van der Waals surface area contributed by atoms with Crippen molar-refractivity contribution in [2.45, 2.75) is 19.3 Å². The van der Waals surface area contributed by atoms with E-state index in [0.29, 0.717) is 36.9 Å². The summed E-state index contributed by atoms with van der Waals surface area (Å²) in [6, 6.07) is 9.61. The van der Waals surface area contributed by atoms with Gasteiger partial charge >= 0.3 is 6.03 Å². The van der Waals surface area contributed by atoms with Gasteiger partial charge in [-0.25, -0.2) is 13.6 Å². The lowest BCUT2D eigenvalue weighted by Crippen LogP contribution is -2.41. The molecule has 1 saturated heterocycles. The summed E-state index contributed by atoms with van der Waals surface area (Å²) in [6.07, 6.45) is 2.41. The largest absolute Gasteiger partial charge is 0.496 e. The monoisotopic (exact) mass is 417 g/mol. The summed E-state index contributed by atoms with van der Waals surface area (Å²) in [7, 11) is 1.53. The van der Waals surface area contributed by atoms with Gasteiger partial charge in [0.2, 0.25) is 0 Å². The van der Waals surface area contributed by atoms with Crippen LogP contribution in [0.15, 0.2) is 42.5 Å². The fourth-order valence-electron chi connectivity index (χ4n) is 3.57. The SMILES string of the molecule is COc1ccccc1C(=O)NCCC1CCN(C(=O)Nc2cc(F)cc(F)c2)CC1. The fraction of sp³-hybridized carbons (Fsp3) is 0.364. The van der Waals surface area contributed by atoms with Crippen LogP contribution in [0.4, 0.5) is 19.3 Å². The van der Waals surface area contributed by atoms with Crippen molar-refractivity contribution in [2.75, 3.05) is 32.1 Å². The molecule has 1 aliphatic rings. The Morgan fingerprint density at radius 1 is 1.10 bits per heavy atom. The smallest absolute Gasteiger partial charge is 0.321 e. The first kappa shape index (κ1) is 21.5. The zero-order chi connectivity index (χ0) is 21.5. The van der Waals surface area contributed by atoms with Crippen LogP contribution in [0.25, 0.3) is 0 Å². The van der Waals surface area contributed by atoms with E-state index in [0.717, 1.165) is 37.5 Å². The van der Waals surface area contributed by atoms with E-state index in [-0.39, 0.29) is 17.6 Å². The summed E-state index contributed by atoms with van der Waals surface area (Å²) < 4.78 is 31.7. The molecule has 160 valence electrons. The van der Waals surface area contributed by atoms with Crippen LogP contribution in [-0.2, 0) is 0 Å². The number of likely N-dealkylation sites (tertiary alicyclic amines) is 1. The van der Waals surface area contributed by atoms with Crippen molar-refractivity contribution < 1.29 is 23.1 Å². The van der Waals surface area contributed by atoms with Crippen molar-refractivity contribution >= 4 is 17.6 Å². The van der Waals surface area contributed by atoms with Crippen molar-refractivity contribution in [3.8, 4) is 5.75 Å². The van der Waals surface area contributed by atoms with Crippen molar-refractivity contribution in [1.82, 2.24) is 10.2 Å². The molecule has 0 radical (unpaired) electrons. The summed E-state index contributed by atoms with van der Waals surface area (Å²) in [5.74, 6) is -0.726. The number of amides is 3. The van der Waals surface area contributed by atoms with E-state index in [1.165, 1.54) is 7.11 Å². The molecule has 0 unspecified atom stereocenters. The average molecular weight is 417 g/mol. The summed E-state index contributed by atoms with van der Waals surface area (Å²) in [4.78, 5) is 26.3. The van der Waals surface area contributed by atoms with Crippen molar-refractivity contribution in [3.05, 3.63) is 59.7 Å². The van der Waals surface area contributed by atoms with Crippen molar-refractivity contribution in [2.24, 2.45) is 5.92 Å². The van der Waals surface area contributed by atoms with E-state index in [9.17, 15) is 18.4 Å². The number of benzene rings is 2. The lowest BCUT2D eigenvalue weighted by atomic mass is 9.93. The number of nitrogens with zero attached hydrogens (tertiary/aromatic N) is 1. The topological polar surface area (TPSA) is 70.7 Å². The standard InChI is InChI=1S/C22H25F2N3O3/c1-30-20-5-3-2-4-19(20)21(28)25-9-6-15-7-10-27(11-8-15)22(29)26-18-13-16(23)12-17(24)14-18/h2-5,12-15H,6-11H2,1H3,(H,25,28)(H,26,29). The number of piperidine rings is 1. The number of anilines is 1. The van der Waals surface area contributed by atoms with Crippen LogP contribution in [0, 0.1) is 17.6 Å². The summed E-state index contributed by atoms with van der Waals surface area (Å²) in [5.41, 5.74) is 0.596. The molecule has 3 rings (SSSR count). The number of urea groups is 1. The zero-order valence-corrected chi connectivity index (χ0v) is 16.8. The van der Waals surface area contributed by atoms with E-state index in [1.807, 2.05) is 6.07 Å². The maximum Gasteiger partial charge on any atom is 0.321 e. The van der Waals surface area contributed by atoms with E-state index < -0.39 is 11.6 Å². The molecule has 0 bridgehead atoms. The Morgan fingerprint density at radius 3 is 2.43 bits per heavy atom. The summed E-state index contributed by atoms with van der Waals surface area (Å²) in [5, 5.41) is 5.45. The number of ether oxygens (including phenoxy) is 1. The molecule has 1 fully saturated rings. The first-order valence-electron chi connectivity index (χ1n) is 9.89. The third-order valence-corrected chi connectivity index (χ3v) is 5.21. The highest BCUT2D eigenvalue weighted by molar-refractivity contribution is 5.96. The first-order valence-corrected chi connectivity index (χ1v) is 9.89. The van der Waals surface area contributed by atoms with Crippen LogP contribution in [-0.4, -0.2) is 43.6 Å². The van der Waals surface area contributed by atoms with Gasteiger partial charge in [-0.05, 0) is 49.4 Å². The predicted octanol–water partition coefficient (Wildman–Crippen LogP) is 4.04. The number of hydrogen-bond donors (Lipinski definition) is 2. The third-order valence-electron chi connectivity index (χ3n) is 5.21. The lowest BCUT2D eigenvalue weighted by molar-refractivity contribution is 0.0946. The van der Waals surface area contributed by atoms with E-state index in [1.54, 1.807) is 23.1 Å². The Balaban J connectivity index is 1.41. The van der Waals surface area contributed by atoms with E-state index in [2.05, 4.69) is 10.6 Å². The molecular weight excluding hydrogens is 392 g/mol. The molecule has 2 aromatic carbocycles. The van der Waals surface area contributed by atoms with Crippen molar-refractivity contribution in [1.29, 1.82) is 0 Å². The van der Waals surface area contributed by atoms with Gasteiger partial charge in [-0.3, -0.25) is 4.79 Å². The highest BCUT2D eigenvalue weighted by Gasteiger charge is 2.23. The lowest BCUT2D eigenvalue weighted by Gasteiger charge is -2.32. The Bertz CT molecular complexity index is 879. The van der Waals surface area contributed by atoms with Crippen LogP contribution in [0.2, 0.25) is 0 Å². The average Bonchev–Trinajstić information content (AvgIpc) is 2.73. The molecule has 30 heavy (non-hydrogen) atoms. The molecule has 1 heterocycles. The highest BCUT2D eigenvalue weighted by atomic mass is 19.1. The van der Waals surface area contributed by atoms with Gasteiger partial charge in [0.1, 0.15) is 17.4 Å². The van der Waals surface area contributed by atoms with Gasteiger partial charge in [0.25, 0.3) is 5.91 Å². The molecular formula is C22H25F2N3O3. The second kappa shape index (κ2) is 10.0. The number of halogens is 2. The molecule has 1 aliphatic heterocycles. The quantitative estimate of drug-likeness (QED) is 0.745. The van der Waals surface area contributed by atoms with Gasteiger partial charge in [0, 0.05) is 31.4 Å². The van der Waals surface area contributed by atoms with Gasteiger partial charge in [0.15, 0.2) is 0 Å². The molecule has 0 aliphatic carbocycles. The second-order valence-electron chi connectivity index (χ2n) is 7.26. The van der Waals surface area contributed by atoms with Crippen LogP contribution in [0.1, 0.15) is 29.6 Å². The van der Waals surface area contributed by atoms with Crippen molar-refractivity contribution in [3.63, 3.8) is 0 Å². The number of carbonyl (C=O) groups is 2. The fourth-order valence-corrected chi connectivity index (χ4v) is 3.57. The molecule has 0 saturated carbocycles. The van der Waals surface area contributed by atoms with Crippen LogP contribution in [0.3, 0.4) is 0 Å². The number of para-hydroxylation sites is 1. The molecule has 3 amide bonds. The molecule has 0 atom stereocenters. The Labute approximate surface area is 174 Å². The Kier molecular flexibility index (Phi) is 7.21. The first-order chi connectivity index (χ1) is 14.5. The minimum atomic E-state index is -0.737. The predicted molar refractivity (Wildman–Crippen MR) is 110 cm³/mol. The number of nitrogens with one attached hydrogen (secondary N) is 2. The van der Waals surface area contributed by atoms with Crippen LogP contribution >= 0.6 is 0 Å². The summed E-state index contributed by atoms with van der Waals surface area (Å²) >= 11 is 0. The minimum absolute atomic E-state index is 0.0960. The van der Waals surface area contributed by atoms with Crippen LogP contribution in [0.5, 0.6) is 5.75 Å². The number of rotatable bonds is 6. The molecule has 6 nitrogen and oxygen atoms in total. The highest BCUT2D eigenvalue weighted by Crippen LogP contribution is 2.22. The molecule has 8 heteroatoms. The van der Waals surface area contributed by atoms with E-state index in [4.69, 9.17) is 4.74 Å². The summed E-state index contributed by atoms with van der Waals surface area (Å²) in [6.45, 7) is 1.64. The molecule has 2 N–H and O–H groups in total. The maximum absolute atomic E-state index is 13.3. The van der Waals surface area contributed by atoms with E-state index >= 15 is 0 Å². The second-order valence-corrected chi connectivity index (χ2v) is 7.26. The number of carbonyl (C=O) groups excluding carboxylic acids is 2. The van der Waals surface area contributed by atoms with Crippen LogP contribution < -0.4 is 15.4 Å². The molecule has 2 aromatic rings. The third kappa shape index (κ3) is 5.68. The number of methoxy groups -OCH3 is 1. The molecule has 0 aromatic heterocycles. The Hall–Kier alpha value is -3.16. The van der Waals surface area contributed by atoms with Gasteiger partial charge in [0.05, 0.1) is 12.7 Å². The van der Waals surface area contributed by atoms with Gasteiger partial charge in [-0.2, -0.15) is 0 Å². The zero-order valence-electron chi connectivity index (χ0n) is 16.8. The number of hydrogen-bond acceptors (Lipinski definition) is 3. The van der Waals surface area contributed by atoms with Gasteiger partial charge in [-0.15, -0.1) is 0 Å². The minimum Gasteiger partial charge on any atom is -0.496 e. The van der Waals surface area contributed by atoms with Gasteiger partial charge < -0.3 is 20.3 Å². The van der Waals surface area contributed by atoms with Gasteiger partial charge in [-0.1, -0.05) is 12.1 Å².